The van der Waals surface area contributed by atoms with E-state index in [4.69, 9.17) is 17.4 Å². The average Bonchev–Trinajstić information content (AvgIpc) is 2.17. The maximum absolute atomic E-state index is 13.0. The van der Waals surface area contributed by atoms with Crippen molar-refractivity contribution in [3.8, 4) is 5.75 Å². The molecule has 0 aliphatic rings. The number of alkyl halides is 6. The Kier molecular flexibility index (Phi) is 4.36. The van der Waals surface area contributed by atoms with Gasteiger partial charge >= 0.3 is 11.7 Å². The first-order valence-electron chi connectivity index (χ1n) is 4.52. The second kappa shape index (κ2) is 5.25. The monoisotopic (exact) mass is 290 g/mol. The third kappa shape index (κ3) is 3.97. The Morgan fingerprint density at radius 3 is 2.17 bits per heavy atom. The van der Waals surface area contributed by atoms with Gasteiger partial charge in [0.1, 0.15) is 11.8 Å². The Labute approximate surface area is 104 Å². The summed E-state index contributed by atoms with van der Waals surface area (Å²) in [5, 5.41) is -3.88. The average molecular weight is 291 g/mol. The van der Waals surface area contributed by atoms with Gasteiger partial charge in [-0.3, -0.25) is 5.84 Å². The molecule has 1 atom stereocenters. The molecule has 0 spiro atoms. The van der Waals surface area contributed by atoms with E-state index in [9.17, 15) is 22.0 Å². The zero-order valence-electron chi connectivity index (χ0n) is 8.64. The van der Waals surface area contributed by atoms with Gasteiger partial charge in [-0.2, -0.15) is 8.78 Å². The van der Waals surface area contributed by atoms with E-state index in [1.165, 1.54) is 12.1 Å². The molecule has 0 heterocycles. The van der Waals surface area contributed by atoms with Gasteiger partial charge in [-0.15, -0.1) is 13.2 Å². The maximum Gasteiger partial charge on any atom is 0.573 e. The number of hydrazine groups is 1. The molecule has 1 rings (SSSR count). The Morgan fingerprint density at radius 2 is 1.72 bits per heavy atom. The number of hydrogen-bond acceptors (Lipinski definition) is 3. The molecule has 1 aromatic carbocycles. The summed E-state index contributed by atoms with van der Waals surface area (Å²) < 4.78 is 65.8. The number of para-hydroxylation sites is 1. The fourth-order valence-corrected chi connectivity index (χ4v) is 1.48. The summed E-state index contributed by atoms with van der Waals surface area (Å²) in [6, 6.07) is 2.33. The van der Waals surface area contributed by atoms with Gasteiger partial charge in [-0.25, -0.2) is 5.43 Å². The summed E-state index contributed by atoms with van der Waals surface area (Å²) in [6.07, 6.45) is -5.00. The lowest BCUT2D eigenvalue weighted by atomic mass is 10.1. The van der Waals surface area contributed by atoms with Crippen molar-refractivity contribution in [3.63, 3.8) is 0 Å². The van der Waals surface area contributed by atoms with Gasteiger partial charge in [0, 0.05) is 5.56 Å². The molecule has 0 saturated carbocycles. The Morgan fingerprint density at radius 1 is 1.17 bits per heavy atom. The lowest BCUT2D eigenvalue weighted by Gasteiger charge is -2.23. The normalized spacial score (nSPS) is 14.4. The first-order valence-corrected chi connectivity index (χ1v) is 4.90. The second-order valence-electron chi connectivity index (χ2n) is 3.23. The van der Waals surface area contributed by atoms with Crippen LogP contribution in [0.4, 0.5) is 22.0 Å². The van der Waals surface area contributed by atoms with E-state index < -0.39 is 29.1 Å². The minimum atomic E-state index is -5.00. The molecule has 0 bridgehead atoms. The molecular weight excluding hydrogens is 283 g/mol. The highest BCUT2D eigenvalue weighted by Crippen LogP contribution is 2.39. The van der Waals surface area contributed by atoms with E-state index in [1.807, 2.05) is 0 Å². The lowest BCUT2D eigenvalue weighted by Crippen LogP contribution is -2.38. The van der Waals surface area contributed by atoms with E-state index in [0.717, 1.165) is 12.1 Å². The molecule has 0 radical (unpaired) electrons. The molecule has 0 amide bonds. The number of nitrogens with two attached hydrogens (primary N) is 1. The first kappa shape index (κ1) is 14.9. The fraction of sp³-hybridized carbons (Fsp3) is 0.333. The predicted octanol–water partition coefficient (Wildman–Crippen LogP) is 2.92. The molecule has 0 aliphatic heterocycles. The fourth-order valence-electron chi connectivity index (χ4n) is 1.30. The quantitative estimate of drug-likeness (QED) is 0.388. The van der Waals surface area contributed by atoms with Crippen molar-refractivity contribution in [1.82, 2.24) is 5.43 Å². The molecule has 3 nitrogen and oxygen atoms in total. The Bertz CT molecular complexity index is 407. The third-order valence-electron chi connectivity index (χ3n) is 1.95. The van der Waals surface area contributed by atoms with Gasteiger partial charge in [0.2, 0.25) is 0 Å². The van der Waals surface area contributed by atoms with Crippen molar-refractivity contribution >= 4 is 11.6 Å². The zero-order valence-corrected chi connectivity index (χ0v) is 9.40. The largest absolute Gasteiger partial charge is 0.573 e. The Hall–Kier alpha value is -1.12. The highest BCUT2D eigenvalue weighted by Gasteiger charge is 2.41. The maximum atomic E-state index is 13.0. The number of nitrogens with one attached hydrogen (secondary N) is 1. The summed E-state index contributed by atoms with van der Waals surface area (Å²) in [6.45, 7) is 0. The molecule has 1 unspecified atom stereocenters. The molecule has 0 saturated heterocycles. The predicted molar refractivity (Wildman–Crippen MR) is 54.0 cm³/mol. The van der Waals surface area contributed by atoms with E-state index >= 15 is 0 Å². The second-order valence-corrected chi connectivity index (χ2v) is 3.73. The van der Waals surface area contributed by atoms with Crippen LogP contribution in [0.5, 0.6) is 5.75 Å². The van der Waals surface area contributed by atoms with Crippen molar-refractivity contribution in [1.29, 1.82) is 0 Å². The van der Waals surface area contributed by atoms with Gasteiger partial charge in [0.15, 0.2) is 0 Å². The summed E-state index contributed by atoms with van der Waals surface area (Å²) in [7, 11) is 0. The van der Waals surface area contributed by atoms with Crippen LogP contribution >= 0.6 is 11.6 Å². The van der Waals surface area contributed by atoms with E-state index in [2.05, 4.69) is 4.74 Å². The van der Waals surface area contributed by atoms with Crippen LogP contribution in [0.1, 0.15) is 11.6 Å². The summed E-state index contributed by atoms with van der Waals surface area (Å²) in [5.41, 5.74) is 1.15. The van der Waals surface area contributed by atoms with E-state index in [-0.39, 0.29) is 0 Å². The van der Waals surface area contributed by atoms with Crippen molar-refractivity contribution in [2.75, 3.05) is 0 Å². The molecule has 3 N–H and O–H groups in total. The van der Waals surface area contributed by atoms with Crippen LogP contribution in [0.15, 0.2) is 24.3 Å². The molecule has 0 aliphatic carbocycles. The SMILES string of the molecule is NNC(c1ccccc1OC(F)(F)F)C(F)(F)Cl. The van der Waals surface area contributed by atoms with Crippen molar-refractivity contribution in [3.05, 3.63) is 29.8 Å². The van der Waals surface area contributed by atoms with Crippen LogP contribution < -0.4 is 16.0 Å². The first-order chi connectivity index (χ1) is 8.15. The minimum absolute atomic E-state index is 0.502. The van der Waals surface area contributed by atoms with Crippen LogP contribution in [0.3, 0.4) is 0 Å². The van der Waals surface area contributed by atoms with Crippen LogP contribution in [-0.2, 0) is 0 Å². The topological polar surface area (TPSA) is 47.3 Å². The highest BCUT2D eigenvalue weighted by atomic mass is 35.5. The minimum Gasteiger partial charge on any atom is -0.405 e. The van der Waals surface area contributed by atoms with Crippen molar-refractivity contribution in [2.24, 2.45) is 5.84 Å². The van der Waals surface area contributed by atoms with Crippen molar-refractivity contribution in [2.45, 2.75) is 17.8 Å². The molecule has 9 heteroatoms. The smallest absolute Gasteiger partial charge is 0.405 e. The van der Waals surface area contributed by atoms with Gasteiger partial charge in [-0.1, -0.05) is 18.2 Å². The van der Waals surface area contributed by atoms with Crippen LogP contribution in [0, 0.1) is 0 Å². The third-order valence-corrected chi connectivity index (χ3v) is 2.17. The van der Waals surface area contributed by atoms with Crippen LogP contribution in [0.25, 0.3) is 0 Å². The number of benzene rings is 1. The van der Waals surface area contributed by atoms with Crippen molar-refractivity contribution < 1.29 is 26.7 Å². The zero-order chi connectivity index (χ0) is 14.0. The van der Waals surface area contributed by atoms with Crippen LogP contribution in [-0.4, -0.2) is 11.7 Å². The highest BCUT2D eigenvalue weighted by molar-refractivity contribution is 6.22. The molecule has 0 fully saturated rings. The summed E-state index contributed by atoms with van der Waals surface area (Å²) >= 11 is 4.76. The number of ether oxygens (including phenoxy) is 1. The van der Waals surface area contributed by atoms with Gasteiger partial charge in [0.05, 0.1) is 0 Å². The molecule has 0 aromatic heterocycles. The molecule has 102 valence electrons. The summed E-state index contributed by atoms with van der Waals surface area (Å²) in [4.78, 5) is 0. The van der Waals surface area contributed by atoms with Gasteiger partial charge in [0.25, 0.3) is 0 Å². The number of halogens is 6. The van der Waals surface area contributed by atoms with E-state index in [0.29, 0.717) is 0 Å². The number of hydrogen-bond donors (Lipinski definition) is 2. The van der Waals surface area contributed by atoms with Gasteiger partial charge in [-0.05, 0) is 17.7 Å². The molecule has 1 aromatic rings. The van der Waals surface area contributed by atoms with Gasteiger partial charge < -0.3 is 4.74 Å². The van der Waals surface area contributed by atoms with Crippen LogP contribution in [0.2, 0.25) is 0 Å². The number of rotatable bonds is 4. The molecular formula is C9H8ClF5N2O. The lowest BCUT2D eigenvalue weighted by molar-refractivity contribution is -0.275. The van der Waals surface area contributed by atoms with E-state index in [1.54, 1.807) is 5.43 Å². The standard InChI is InChI=1S/C9H8ClF5N2O/c10-8(11,12)7(17-16)5-3-1-2-4-6(5)18-9(13,14)15/h1-4,7,17H,16H2. The molecule has 18 heavy (non-hydrogen) atoms. The Balaban J connectivity index is 3.15. The summed E-state index contributed by atoms with van der Waals surface area (Å²) in [5.74, 6) is 4.07.